The maximum atomic E-state index is 13.8. The molecule has 4 heterocycles. The lowest BCUT2D eigenvalue weighted by atomic mass is 9.95. The van der Waals surface area contributed by atoms with Crippen LogP contribution in [0.25, 0.3) is 21.7 Å². The first-order chi connectivity index (χ1) is 19.8. The van der Waals surface area contributed by atoms with E-state index in [4.69, 9.17) is 4.74 Å². The zero-order valence-corrected chi connectivity index (χ0v) is 24.9. The van der Waals surface area contributed by atoms with Crippen LogP contribution in [0.2, 0.25) is 0 Å². The molecule has 42 heavy (non-hydrogen) atoms. The Labute approximate surface area is 243 Å². The number of hydrogen-bond acceptors (Lipinski definition) is 8. The second-order valence-corrected chi connectivity index (χ2v) is 13.2. The number of nitrogens with one attached hydrogen (secondary N) is 1. The number of imidazole rings is 1. The molecule has 17 heteroatoms. The molecule has 2 amide bonds. The first kappa shape index (κ1) is 30.2. The van der Waals surface area contributed by atoms with Gasteiger partial charge in [-0.15, -0.1) is 10.2 Å². The topological polar surface area (TPSA) is 132 Å². The van der Waals surface area contributed by atoms with Gasteiger partial charge in [-0.1, -0.05) is 17.4 Å². The normalized spacial score (nSPS) is 18.8. The summed E-state index contributed by atoms with van der Waals surface area (Å²) in [5, 5.41) is 6.55. The Balaban J connectivity index is 1.76. The molecule has 1 aromatic carbocycles. The molecule has 1 atom stereocenters. The van der Waals surface area contributed by atoms with Crippen LogP contribution < -0.4 is 10.4 Å². The minimum Gasteiger partial charge on any atom is -0.377 e. The summed E-state index contributed by atoms with van der Waals surface area (Å²) < 4.78 is 77.8. The molecule has 1 unspecified atom stereocenters. The highest BCUT2D eigenvalue weighted by molar-refractivity contribution is 7.89. The second kappa shape index (κ2) is 11.1. The lowest BCUT2D eigenvalue weighted by Crippen LogP contribution is -2.63. The highest BCUT2D eigenvalue weighted by atomic mass is 32.2. The molecular weight excluding hydrogens is 599 g/mol. The molecule has 2 aliphatic heterocycles. The third-order valence-corrected chi connectivity index (χ3v) is 9.80. The van der Waals surface area contributed by atoms with E-state index in [1.807, 2.05) is 13.0 Å². The van der Waals surface area contributed by atoms with Crippen molar-refractivity contribution in [2.24, 2.45) is 0 Å². The number of carbonyl (C=O) groups excluding carboxylic acids is 1. The van der Waals surface area contributed by atoms with Crippen LogP contribution in [0.1, 0.15) is 37.3 Å². The summed E-state index contributed by atoms with van der Waals surface area (Å²) in [5.74, 6) is 0. The molecule has 1 N–H and O–H groups in total. The van der Waals surface area contributed by atoms with Gasteiger partial charge in [-0.25, -0.2) is 35.7 Å². The van der Waals surface area contributed by atoms with E-state index in [0.29, 0.717) is 41.0 Å². The molecule has 1 fully saturated rings. The number of hydrogen-bond donors (Lipinski definition) is 1. The van der Waals surface area contributed by atoms with Gasteiger partial charge < -0.3 is 14.5 Å². The minimum atomic E-state index is -4.36. The number of alkyl halides is 3. The van der Waals surface area contributed by atoms with Crippen LogP contribution in [0.4, 0.5) is 18.0 Å². The molecule has 3 aromatic rings. The predicted molar refractivity (Wildman–Crippen MR) is 149 cm³/mol. The Hall–Kier alpha value is -3.28. The van der Waals surface area contributed by atoms with Crippen LogP contribution >= 0.6 is 11.3 Å². The number of urea groups is 1. The number of amides is 2. The highest BCUT2D eigenvalue weighted by Gasteiger charge is 2.43. The van der Waals surface area contributed by atoms with Crippen LogP contribution in [0, 0.1) is 0 Å². The summed E-state index contributed by atoms with van der Waals surface area (Å²) in [6.07, 6.45) is -0.741. The van der Waals surface area contributed by atoms with Gasteiger partial charge in [0.1, 0.15) is 12.2 Å². The summed E-state index contributed by atoms with van der Waals surface area (Å²) in [6.45, 7) is 2.78. The summed E-state index contributed by atoms with van der Waals surface area (Å²) in [7, 11) is -1.07. The zero-order chi connectivity index (χ0) is 30.6. The molecule has 2 aromatic heterocycles. The Morgan fingerprint density at radius 3 is 2.52 bits per heavy atom. The van der Waals surface area contributed by atoms with E-state index < -0.39 is 39.4 Å². The van der Waals surface area contributed by atoms with E-state index in [1.165, 1.54) is 21.6 Å². The van der Waals surface area contributed by atoms with Crippen molar-refractivity contribution in [3.05, 3.63) is 39.3 Å². The van der Waals surface area contributed by atoms with Crippen LogP contribution in [-0.2, 0) is 21.3 Å². The molecule has 0 radical (unpaired) electrons. The number of halogens is 3. The van der Waals surface area contributed by atoms with Gasteiger partial charge in [-0.2, -0.15) is 4.72 Å². The van der Waals surface area contributed by atoms with Gasteiger partial charge in [0.15, 0.2) is 5.01 Å². The van der Waals surface area contributed by atoms with Gasteiger partial charge in [-0.05, 0) is 38.0 Å². The number of rotatable bonds is 8. The smallest absolute Gasteiger partial charge is 0.335 e. The molecule has 12 nitrogen and oxygen atoms in total. The molecule has 2 aliphatic rings. The number of nitrogens with zero attached hydrogens (tertiary/aromatic N) is 6. The predicted octanol–water partition coefficient (Wildman–Crippen LogP) is 2.78. The lowest BCUT2D eigenvalue weighted by molar-refractivity contribution is -0.0725. The SMILES string of the molecule is CCn1c(=O)n(-c2nnc(C(F)F)s2)c2cc(S(=O)(=O)NC3(CF)COC3)cc(C3=CC(C)N(C(=O)N(C)C)CC3)c21. The van der Waals surface area contributed by atoms with Gasteiger partial charge in [-0.3, -0.25) is 4.57 Å². The van der Waals surface area contributed by atoms with Gasteiger partial charge in [0.2, 0.25) is 15.2 Å². The van der Waals surface area contributed by atoms with Crippen molar-refractivity contribution in [3.63, 3.8) is 0 Å². The van der Waals surface area contributed by atoms with Crippen molar-refractivity contribution in [2.75, 3.05) is 40.5 Å². The van der Waals surface area contributed by atoms with Crippen molar-refractivity contribution in [2.45, 2.75) is 49.7 Å². The van der Waals surface area contributed by atoms with Crippen LogP contribution in [-0.4, -0.2) is 95.7 Å². The number of aromatic nitrogens is 4. The molecule has 1 saturated heterocycles. The monoisotopic (exact) mass is 629 g/mol. The highest BCUT2D eigenvalue weighted by Crippen LogP contribution is 2.36. The van der Waals surface area contributed by atoms with Crippen LogP contribution in [0.15, 0.2) is 27.9 Å². The van der Waals surface area contributed by atoms with Crippen LogP contribution in [0.3, 0.4) is 0 Å². The maximum Gasteiger partial charge on any atom is 0.335 e. The summed E-state index contributed by atoms with van der Waals surface area (Å²) in [4.78, 5) is 29.2. The van der Waals surface area contributed by atoms with E-state index in [0.717, 1.165) is 4.57 Å². The van der Waals surface area contributed by atoms with Crippen molar-refractivity contribution in [3.8, 4) is 5.13 Å². The van der Waals surface area contributed by atoms with E-state index in [9.17, 15) is 31.2 Å². The average Bonchev–Trinajstić information content (AvgIpc) is 3.51. The number of aryl methyl sites for hydroxylation is 1. The fourth-order valence-corrected chi connectivity index (χ4v) is 7.27. The molecule has 0 aliphatic carbocycles. The number of fused-ring (bicyclic) bond motifs is 1. The molecule has 0 spiro atoms. The Bertz CT molecular complexity index is 1720. The molecule has 228 valence electrons. The lowest BCUT2D eigenvalue weighted by Gasteiger charge is -2.39. The average molecular weight is 630 g/mol. The summed E-state index contributed by atoms with van der Waals surface area (Å²) >= 11 is 0.517. The third kappa shape index (κ3) is 5.11. The largest absolute Gasteiger partial charge is 0.377 e. The minimum absolute atomic E-state index is 0.108. The van der Waals surface area contributed by atoms with E-state index in [-0.39, 0.29) is 47.4 Å². The van der Waals surface area contributed by atoms with Gasteiger partial charge in [0.05, 0.1) is 29.1 Å². The number of sulfonamides is 1. The first-order valence-electron chi connectivity index (χ1n) is 13.1. The van der Waals surface area contributed by atoms with Gasteiger partial charge in [0.25, 0.3) is 6.43 Å². The molecule has 0 saturated carbocycles. The van der Waals surface area contributed by atoms with E-state index >= 15 is 0 Å². The quantitative estimate of drug-likeness (QED) is 0.406. The Kier molecular flexibility index (Phi) is 7.97. The van der Waals surface area contributed by atoms with E-state index in [2.05, 4.69) is 14.9 Å². The zero-order valence-electron chi connectivity index (χ0n) is 23.3. The molecule has 5 rings (SSSR count). The van der Waals surface area contributed by atoms with Crippen molar-refractivity contribution in [1.82, 2.24) is 33.9 Å². The van der Waals surface area contributed by atoms with Gasteiger partial charge in [0, 0.05) is 38.8 Å². The molecular formula is C25H30F3N7O5S2. The van der Waals surface area contributed by atoms with Crippen molar-refractivity contribution >= 4 is 44.0 Å². The summed E-state index contributed by atoms with van der Waals surface area (Å²) in [5.41, 5.74) is -0.462. The number of carbonyl (C=O) groups is 1. The fourth-order valence-electron chi connectivity index (χ4n) is 5.17. The molecule has 0 bridgehead atoms. The van der Waals surface area contributed by atoms with Crippen LogP contribution in [0.5, 0.6) is 0 Å². The number of ether oxygens (including phenoxy) is 1. The summed E-state index contributed by atoms with van der Waals surface area (Å²) in [6, 6.07) is 2.11. The first-order valence-corrected chi connectivity index (χ1v) is 15.4. The Morgan fingerprint density at radius 1 is 1.29 bits per heavy atom. The Morgan fingerprint density at radius 2 is 2.00 bits per heavy atom. The second-order valence-electron chi connectivity index (χ2n) is 10.5. The standard InChI is InChI=1S/C25H30F3N7O5S2/c1-5-33-19-17(15-6-7-34(14(2)8-15)23(36)32(3)4)9-16(42(38,39)31-25(11-26)12-40-13-25)10-18(19)35(24(33)37)22-30-29-21(41-22)20(27)28/h8-10,14,20,31H,5-7,11-13H2,1-4H3. The fraction of sp³-hybridized carbons (Fsp3) is 0.520. The number of benzene rings is 1. The third-order valence-electron chi connectivity index (χ3n) is 7.32. The van der Waals surface area contributed by atoms with Crippen molar-refractivity contribution in [1.29, 1.82) is 0 Å². The van der Waals surface area contributed by atoms with Gasteiger partial charge >= 0.3 is 11.7 Å². The maximum absolute atomic E-state index is 13.8. The van der Waals surface area contributed by atoms with E-state index in [1.54, 1.807) is 25.9 Å². The van der Waals surface area contributed by atoms with Crippen molar-refractivity contribution < 1.29 is 31.1 Å².